The van der Waals surface area contributed by atoms with E-state index in [0.717, 1.165) is 17.0 Å². The van der Waals surface area contributed by atoms with Crippen molar-refractivity contribution in [1.29, 1.82) is 0 Å². The lowest BCUT2D eigenvalue weighted by Crippen LogP contribution is -2.15. The van der Waals surface area contributed by atoms with Gasteiger partial charge in [-0.1, -0.05) is 6.07 Å². The van der Waals surface area contributed by atoms with Crippen molar-refractivity contribution in [2.45, 2.75) is 13.0 Å². The molecule has 1 unspecified atom stereocenters. The van der Waals surface area contributed by atoms with Crippen LogP contribution in [0.3, 0.4) is 0 Å². The van der Waals surface area contributed by atoms with Crippen molar-refractivity contribution < 1.29 is 0 Å². The summed E-state index contributed by atoms with van der Waals surface area (Å²) in [6, 6.07) is 3.80. The molecule has 2 heterocycles. The van der Waals surface area contributed by atoms with Crippen LogP contribution in [-0.4, -0.2) is 14.5 Å². The number of pyridine rings is 1. The van der Waals surface area contributed by atoms with Crippen LogP contribution in [-0.2, 0) is 7.05 Å². The summed E-state index contributed by atoms with van der Waals surface area (Å²) < 4.78 is 1.92. The molecule has 2 aromatic heterocycles. The monoisotopic (exact) mass is 202 g/mol. The van der Waals surface area contributed by atoms with E-state index in [1.54, 1.807) is 12.5 Å². The van der Waals surface area contributed by atoms with Crippen LogP contribution in [0, 0.1) is 6.92 Å². The van der Waals surface area contributed by atoms with Gasteiger partial charge in [-0.3, -0.25) is 4.98 Å². The summed E-state index contributed by atoms with van der Waals surface area (Å²) in [5.41, 5.74) is 9.10. The predicted octanol–water partition coefficient (Wildman–Crippen LogP) is 1.17. The molecule has 0 saturated heterocycles. The molecule has 0 spiro atoms. The number of nitrogens with zero attached hydrogens (tertiary/aromatic N) is 3. The average molecular weight is 202 g/mol. The fraction of sp³-hybridized carbons (Fsp3) is 0.273. The average Bonchev–Trinajstić information content (AvgIpc) is 2.65. The first-order chi connectivity index (χ1) is 7.18. The Morgan fingerprint density at radius 2 is 2.13 bits per heavy atom. The van der Waals surface area contributed by atoms with Gasteiger partial charge >= 0.3 is 0 Å². The first kappa shape index (κ1) is 9.86. The lowest BCUT2D eigenvalue weighted by molar-refractivity contribution is 0.742. The maximum atomic E-state index is 6.11. The zero-order chi connectivity index (χ0) is 10.8. The van der Waals surface area contributed by atoms with Gasteiger partial charge in [0, 0.05) is 18.9 Å². The summed E-state index contributed by atoms with van der Waals surface area (Å²) in [6.07, 6.45) is 5.34. The number of nitrogens with two attached hydrogens (primary N) is 1. The fourth-order valence-corrected chi connectivity index (χ4v) is 1.50. The van der Waals surface area contributed by atoms with E-state index in [9.17, 15) is 0 Å². The maximum Gasteiger partial charge on any atom is 0.0946 e. The minimum absolute atomic E-state index is 0.161. The van der Waals surface area contributed by atoms with E-state index < -0.39 is 0 Å². The van der Waals surface area contributed by atoms with E-state index in [-0.39, 0.29) is 6.04 Å². The quantitative estimate of drug-likeness (QED) is 0.795. The van der Waals surface area contributed by atoms with E-state index in [4.69, 9.17) is 5.73 Å². The first-order valence-corrected chi connectivity index (χ1v) is 4.83. The van der Waals surface area contributed by atoms with Crippen LogP contribution in [0.25, 0.3) is 0 Å². The third-order valence-corrected chi connectivity index (χ3v) is 2.47. The molecule has 0 bridgehead atoms. The van der Waals surface area contributed by atoms with Gasteiger partial charge in [0.05, 0.1) is 24.3 Å². The smallest absolute Gasteiger partial charge is 0.0946 e. The van der Waals surface area contributed by atoms with Gasteiger partial charge in [-0.05, 0) is 18.6 Å². The van der Waals surface area contributed by atoms with E-state index >= 15 is 0 Å². The second kappa shape index (κ2) is 3.82. The predicted molar refractivity (Wildman–Crippen MR) is 58.2 cm³/mol. The van der Waals surface area contributed by atoms with Crippen LogP contribution >= 0.6 is 0 Å². The van der Waals surface area contributed by atoms with Crippen LogP contribution in [0.4, 0.5) is 0 Å². The Bertz CT molecular complexity index is 444. The number of aromatic nitrogens is 3. The summed E-state index contributed by atoms with van der Waals surface area (Å²) in [6.45, 7) is 1.96. The second-order valence-electron chi connectivity index (χ2n) is 3.64. The topological polar surface area (TPSA) is 56.7 Å². The van der Waals surface area contributed by atoms with Crippen LogP contribution in [0.15, 0.2) is 30.9 Å². The summed E-state index contributed by atoms with van der Waals surface area (Å²) in [5, 5.41) is 0. The molecule has 78 valence electrons. The Morgan fingerprint density at radius 3 is 2.67 bits per heavy atom. The molecular weight excluding hydrogens is 188 g/mol. The molecule has 0 aliphatic carbocycles. The largest absolute Gasteiger partial charge is 0.336 e. The van der Waals surface area contributed by atoms with E-state index in [2.05, 4.69) is 9.97 Å². The molecule has 0 aliphatic heterocycles. The highest BCUT2D eigenvalue weighted by molar-refractivity contribution is 5.24. The number of aryl methyl sites for hydroxylation is 2. The van der Waals surface area contributed by atoms with Gasteiger partial charge in [0.15, 0.2) is 0 Å². The molecule has 0 amide bonds. The molecule has 0 radical (unpaired) electrons. The SMILES string of the molecule is Cc1ccc(C(N)c2cncn2C)cn1. The van der Waals surface area contributed by atoms with E-state index in [0.29, 0.717) is 0 Å². The van der Waals surface area contributed by atoms with Gasteiger partial charge in [-0.15, -0.1) is 0 Å². The summed E-state index contributed by atoms with van der Waals surface area (Å²) in [7, 11) is 1.93. The Morgan fingerprint density at radius 1 is 1.33 bits per heavy atom. The van der Waals surface area contributed by atoms with Gasteiger partial charge < -0.3 is 10.3 Å². The van der Waals surface area contributed by atoms with Gasteiger partial charge in [-0.2, -0.15) is 0 Å². The minimum atomic E-state index is -0.161. The van der Waals surface area contributed by atoms with Crippen molar-refractivity contribution in [2.75, 3.05) is 0 Å². The van der Waals surface area contributed by atoms with Crippen molar-refractivity contribution in [3.63, 3.8) is 0 Å². The van der Waals surface area contributed by atoms with Gasteiger partial charge in [-0.25, -0.2) is 4.98 Å². The summed E-state index contributed by atoms with van der Waals surface area (Å²) >= 11 is 0. The highest BCUT2D eigenvalue weighted by Crippen LogP contribution is 2.17. The zero-order valence-electron chi connectivity index (χ0n) is 8.88. The lowest BCUT2D eigenvalue weighted by atomic mass is 10.1. The first-order valence-electron chi connectivity index (χ1n) is 4.83. The van der Waals surface area contributed by atoms with Crippen LogP contribution in [0.1, 0.15) is 23.0 Å². The Labute approximate surface area is 88.8 Å². The maximum absolute atomic E-state index is 6.11. The number of imidazole rings is 1. The third kappa shape index (κ3) is 1.89. The number of hydrogen-bond acceptors (Lipinski definition) is 3. The highest BCUT2D eigenvalue weighted by atomic mass is 15.0. The van der Waals surface area contributed by atoms with Crippen molar-refractivity contribution >= 4 is 0 Å². The van der Waals surface area contributed by atoms with Crippen LogP contribution < -0.4 is 5.73 Å². The Kier molecular flexibility index (Phi) is 2.51. The standard InChI is InChI=1S/C11H14N4/c1-8-3-4-9(5-14-8)11(12)10-6-13-7-15(10)2/h3-7,11H,12H2,1-2H3. The molecule has 2 N–H and O–H groups in total. The normalized spacial score (nSPS) is 12.7. The highest BCUT2D eigenvalue weighted by Gasteiger charge is 2.11. The summed E-state index contributed by atoms with van der Waals surface area (Å²) in [5.74, 6) is 0. The molecule has 4 heteroatoms. The zero-order valence-corrected chi connectivity index (χ0v) is 8.88. The summed E-state index contributed by atoms with van der Waals surface area (Å²) in [4.78, 5) is 8.28. The molecule has 0 aromatic carbocycles. The molecule has 2 aromatic rings. The molecule has 0 fully saturated rings. The van der Waals surface area contributed by atoms with E-state index in [1.165, 1.54) is 0 Å². The fourth-order valence-electron chi connectivity index (χ4n) is 1.50. The molecule has 0 aliphatic rings. The number of hydrogen-bond donors (Lipinski definition) is 1. The minimum Gasteiger partial charge on any atom is -0.336 e. The molecule has 2 rings (SSSR count). The van der Waals surface area contributed by atoms with Crippen molar-refractivity contribution in [2.24, 2.45) is 12.8 Å². The number of rotatable bonds is 2. The Balaban J connectivity index is 2.32. The third-order valence-electron chi connectivity index (χ3n) is 2.47. The van der Waals surface area contributed by atoms with Gasteiger partial charge in [0.2, 0.25) is 0 Å². The van der Waals surface area contributed by atoms with Crippen molar-refractivity contribution in [1.82, 2.24) is 14.5 Å². The van der Waals surface area contributed by atoms with Crippen LogP contribution in [0.5, 0.6) is 0 Å². The van der Waals surface area contributed by atoms with Crippen LogP contribution in [0.2, 0.25) is 0 Å². The van der Waals surface area contributed by atoms with Gasteiger partial charge in [0.1, 0.15) is 0 Å². The molecule has 0 saturated carbocycles. The van der Waals surface area contributed by atoms with Gasteiger partial charge in [0.25, 0.3) is 0 Å². The van der Waals surface area contributed by atoms with Crippen molar-refractivity contribution in [3.05, 3.63) is 47.8 Å². The molecule has 4 nitrogen and oxygen atoms in total. The molecule has 1 atom stereocenters. The van der Waals surface area contributed by atoms with Crippen molar-refractivity contribution in [3.8, 4) is 0 Å². The molecular formula is C11H14N4. The molecule has 15 heavy (non-hydrogen) atoms. The van der Waals surface area contributed by atoms with E-state index in [1.807, 2.05) is 36.9 Å². The lowest BCUT2D eigenvalue weighted by Gasteiger charge is -2.12. The Hall–Kier alpha value is -1.68. The second-order valence-corrected chi connectivity index (χ2v) is 3.64.